The number of pyridine rings is 1. The molecule has 4 nitrogen and oxygen atoms in total. The lowest BCUT2D eigenvalue weighted by molar-refractivity contribution is 0.561. The maximum atomic E-state index is 4.15. The Morgan fingerprint density at radius 3 is 2.80 bits per heavy atom. The number of hydrogen-bond donors (Lipinski definition) is 2. The van der Waals surface area contributed by atoms with Gasteiger partial charge < -0.3 is 10.3 Å². The average Bonchev–Trinajstić information content (AvgIpc) is 2.80. The van der Waals surface area contributed by atoms with Crippen molar-refractivity contribution in [1.82, 2.24) is 20.3 Å². The molecule has 0 aliphatic rings. The van der Waals surface area contributed by atoms with Gasteiger partial charge in [0.05, 0.1) is 6.54 Å². The Kier molecular flexibility index (Phi) is 3.09. The number of nitrogens with one attached hydrogen (secondary N) is 2. The minimum Gasteiger partial charge on any atom is -0.348 e. The van der Waals surface area contributed by atoms with Crippen LogP contribution in [0.4, 0.5) is 0 Å². The fraction of sp³-hybridized carbons (Fsp3) is 0.273. The Morgan fingerprint density at radius 2 is 2.13 bits per heavy atom. The zero-order valence-electron chi connectivity index (χ0n) is 8.64. The van der Waals surface area contributed by atoms with Crippen LogP contribution in [0.2, 0.25) is 0 Å². The molecule has 0 aliphatic heterocycles. The number of H-pyrrole nitrogens is 1. The zero-order valence-corrected chi connectivity index (χ0v) is 8.64. The van der Waals surface area contributed by atoms with Crippen LogP contribution in [0.1, 0.15) is 24.4 Å². The summed E-state index contributed by atoms with van der Waals surface area (Å²) in [4.78, 5) is 11.2. The molecule has 0 aliphatic carbocycles. The summed E-state index contributed by atoms with van der Waals surface area (Å²) in [6, 6.07) is 4.33. The number of nitrogens with zero attached hydrogens (tertiary/aromatic N) is 2. The summed E-state index contributed by atoms with van der Waals surface area (Å²) in [6.45, 7) is 2.87. The predicted molar refractivity (Wildman–Crippen MR) is 58.1 cm³/mol. The van der Waals surface area contributed by atoms with Crippen molar-refractivity contribution < 1.29 is 0 Å². The third-order valence-electron chi connectivity index (χ3n) is 2.34. The van der Waals surface area contributed by atoms with Crippen LogP contribution in [-0.2, 0) is 6.54 Å². The summed E-state index contributed by atoms with van der Waals surface area (Å²) in [5, 5.41) is 3.38. The minimum absolute atomic E-state index is 0.304. The normalized spacial score (nSPS) is 12.6. The molecule has 0 bridgehead atoms. The molecule has 0 fully saturated rings. The van der Waals surface area contributed by atoms with Gasteiger partial charge in [-0.2, -0.15) is 0 Å². The monoisotopic (exact) mass is 202 g/mol. The average molecular weight is 202 g/mol. The van der Waals surface area contributed by atoms with Gasteiger partial charge in [-0.1, -0.05) is 0 Å². The van der Waals surface area contributed by atoms with E-state index in [0.29, 0.717) is 6.04 Å². The van der Waals surface area contributed by atoms with Gasteiger partial charge in [0, 0.05) is 30.8 Å². The summed E-state index contributed by atoms with van der Waals surface area (Å²) in [6.07, 6.45) is 7.20. The topological polar surface area (TPSA) is 53.6 Å². The van der Waals surface area contributed by atoms with Gasteiger partial charge in [-0.25, -0.2) is 4.98 Å². The Balaban J connectivity index is 1.90. The third kappa shape index (κ3) is 2.63. The predicted octanol–water partition coefficient (Wildman–Crippen LogP) is 1.66. The van der Waals surface area contributed by atoms with Crippen LogP contribution >= 0.6 is 0 Å². The maximum Gasteiger partial charge on any atom is 0.120 e. The second kappa shape index (κ2) is 4.70. The number of aromatic nitrogens is 3. The van der Waals surface area contributed by atoms with Crippen molar-refractivity contribution in [2.45, 2.75) is 19.5 Å². The van der Waals surface area contributed by atoms with Crippen molar-refractivity contribution in [3.05, 3.63) is 48.3 Å². The summed E-state index contributed by atoms with van der Waals surface area (Å²) < 4.78 is 0. The van der Waals surface area contributed by atoms with Gasteiger partial charge in [-0.3, -0.25) is 4.98 Å². The van der Waals surface area contributed by atoms with Crippen LogP contribution in [0.3, 0.4) is 0 Å². The largest absolute Gasteiger partial charge is 0.348 e. The third-order valence-corrected chi connectivity index (χ3v) is 2.34. The highest BCUT2D eigenvalue weighted by atomic mass is 15.0. The van der Waals surface area contributed by atoms with Crippen molar-refractivity contribution >= 4 is 0 Å². The lowest BCUT2D eigenvalue weighted by Gasteiger charge is -2.12. The Labute approximate surface area is 88.8 Å². The molecule has 1 unspecified atom stereocenters. The van der Waals surface area contributed by atoms with Crippen molar-refractivity contribution in [3.63, 3.8) is 0 Å². The SMILES string of the molecule is CC(NCc1ncc[nH]1)c1ccncc1. The molecule has 2 heterocycles. The van der Waals surface area contributed by atoms with E-state index in [2.05, 4.69) is 27.2 Å². The zero-order chi connectivity index (χ0) is 10.5. The summed E-state index contributed by atoms with van der Waals surface area (Å²) in [5.74, 6) is 0.955. The van der Waals surface area contributed by atoms with E-state index in [9.17, 15) is 0 Å². The van der Waals surface area contributed by atoms with E-state index in [1.165, 1.54) is 5.56 Å². The standard InChI is InChI=1S/C11H14N4/c1-9(10-2-4-12-5-3-10)15-8-11-13-6-7-14-11/h2-7,9,15H,8H2,1H3,(H,13,14). The van der Waals surface area contributed by atoms with E-state index in [1.807, 2.05) is 18.3 Å². The highest BCUT2D eigenvalue weighted by molar-refractivity contribution is 5.13. The van der Waals surface area contributed by atoms with Crippen LogP contribution in [0, 0.1) is 0 Å². The second-order valence-corrected chi connectivity index (χ2v) is 3.42. The van der Waals surface area contributed by atoms with Crippen LogP contribution in [0.25, 0.3) is 0 Å². The van der Waals surface area contributed by atoms with Crippen molar-refractivity contribution in [3.8, 4) is 0 Å². The van der Waals surface area contributed by atoms with Crippen LogP contribution in [-0.4, -0.2) is 15.0 Å². The number of hydrogen-bond acceptors (Lipinski definition) is 3. The Morgan fingerprint density at radius 1 is 1.33 bits per heavy atom. The molecule has 2 aromatic heterocycles. The number of rotatable bonds is 4. The molecule has 0 saturated carbocycles. The summed E-state index contributed by atoms with van der Waals surface area (Å²) in [5.41, 5.74) is 1.23. The molecule has 0 saturated heterocycles. The minimum atomic E-state index is 0.304. The van der Waals surface area contributed by atoms with Crippen molar-refractivity contribution in [1.29, 1.82) is 0 Å². The van der Waals surface area contributed by atoms with Gasteiger partial charge in [0.1, 0.15) is 5.82 Å². The Hall–Kier alpha value is -1.68. The van der Waals surface area contributed by atoms with Gasteiger partial charge in [-0.15, -0.1) is 0 Å². The molecule has 0 amide bonds. The Bertz CT molecular complexity index is 382. The van der Waals surface area contributed by atoms with Gasteiger partial charge in [0.25, 0.3) is 0 Å². The molecule has 4 heteroatoms. The van der Waals surface area contributed by atoms with E-state index >= 15 is 0 Å². The van der Waals surface area contributed by atoms with Gasteiger partial charge in [-0.05, 0) is 24.6 Å². The van der Waals surface area contributed by atoms with E-state index in [-0.39, 0.29) is 0 Å². The number of aromatic amines is 1. The van der Waals surface area contributed by atoms with E-state index < -0.39 is 0 Å². The molecule has 0 radical (unpaired) electrons. The molecule has 2 aromatic rings. The van der Waals surface area contributed by atoms with Gasteiger partial charge in [0.2, 0.25) is 0 Å². The number of imidazole rings is 1. The molecule has 2 rings (SSSR count). The fourth-order valence-corrected chi connectivity index (χ4v) is 1.41. The molecular weight excluding hydrogens is 188 g/mol. The molecule has 0 spiro atoms. The highest BCUT2D eigenvalue weighted by Gasteiger charge is 2.04. The van der Waals surface area contributed by atoms with E-state index in [4.69, 9.17) is 0 Å². The molecule has 2 N–H and O–H groups in total. The summed E-state index contributed by atoms with van der Waals surface area (Å²) >= 11 is 0. The first-order chi connectivity index (χ1) is 7.36. The lowest BCUT2D eigenvalue weighted by atomic mass is 10.1. The first-order valence-corrected chi connectivity index (χ1v) is 4.98. The van der Waals surface area contributed by atoms with Crippen LogP contribution < -0.4 is 5.32 Å². The highest BCUT2D eigenvalue weighted by Crippen LogP contribution is 2.10. The first kappa shape index (κ1) is 9.86. The lowest BCUT2D eigenvalue weighted by Crippen LogP contribution is -2.18. The quantitative estimate of drug-likeness (QED) is 0.792. The molecule has 78 valence electrons. The molecule has 1 atom stereocenters. The van der Waals surface area contributed by atoms with Gasteiger partial charge in [0.15, 0.2) is 0 Å². The molecular formula is C11H14N4. The summed E-state index contributed by atoms with van der Waals surface area (Å²) in [7, 11) is 0. The van der Waals surface area contributed by atoms with E-state index in [0.717, 1.165) is 12.4 Å². The van der Waals surface area contributed by atoms with Crippen LogP contribution in [0.15, 0.2) is 36.9 Å². The van der Waals surface area contributed by atoms with Crippen molar-refractivity contribution in [2.24, 2.45) is 0 Å². The van der Waals surface area contributed by atoms with Gasteiger partial charge >= 0.3 is 0 Å². The van der Waals surface area contributed by atoms with Crippen LogP contribution in [0.5, 0.6) is 0 Å². The fourth-order valence-electron chi connectivity index (χ4n) is 1.41. The smallest absolute Gasteiger partial charge is 0.120 e. The second-order valence-electron chi connectivity index (χ2n) is 3.42. The first-order valence-electron chi connectivity index (χ1n) is 4.98. The van der Waals surface area contributed by atoms with E-state index in [1.54, 1.807) is 18.6 Å². The molecule has 15 heavy (non-hydrogen) atoms. The molecule has 0 aromatic carbocycles. The maximum absolute atomic E-state index is 4.15. The van der Waals surface area contributed by atoms with Crippen molar-refractivity contribution in [2.75, 3.05) is 0 Å².